The van der Waals surface area contributed by atoms with Gasteiger partial charge in [-0.15, -0.1) is 0 Å². The maximum Gasteiger partial charge on any atom is 0.116 e. The fraction of sp³-hybridized carbons (Fsp3) is 0. The van der Waals surface area contributed by atoms with Gasteiger partial charge in [0.2, 0.25) is 0 Å². The molecule has 0 aliphatic heterocycles. The SMILES string of the molecule is Oc1cccc(/C=C/c2ccc3ccc(Br)cc3n2)c1. The van der Waals surface area contributed by atoms with Crippen molar-refractivity contribution in [1.29, 1.82) is 0 Å². The molecule has 0 unspecified atom stereocenters. The first-order valence-corrected chi connectivity index (χ1v) is 7.03. The second-order valence-corrected chi connectivity index (χ2v) is 5.42. The van der Waals surface area contributed by atoms with E-state index in [0.717, 1.165) is 26.6 Å². The molecule has 2 nitrogen and oxygen atoms in total. The zero-order valence-corrected chi connectivity index (χ0v) is 12.2. The quantitative estimate of drug-likeness (QED) is 0.728. The molecule has 0 saturated heterocycles. The van der Waals surface area contributed by atoms with E-state index < -0.39 is 0 Å². The van der Waals surface area contributed by atoms with Crippen molar-refractivity contribution in [3.05, 3.63) is 70.3 Å². The van der Waals surface area contributed by atoms with Gasteiger partial charge in [-0.05, 0) is 42.0 Å². The summed E-state index contributed by atoms with van der Waals surface area (Å²) in [6, 6.07) is 17.2. The van der Waals surface area contributed by atoms with E-state index in [0.29, 0.717) is 0 Å². The van der Waals surface area contributed by atoms with Crippen LogP contribution >= 0.6 is 15.9 Å². The summed E-state index contributed by atoms with van der Waals surface area (Å²) >= 11 is 3.45. The predicted molar refractivity (Wildman–Crippen MR) is 86.5 cm³/mol. The van der Waals surface area contributed by atoms with Crippen LogP contribution in [-0.4, -0.2) is 10.1 Å². The molecular formula is C17H12BrNO. The molecule has 98 valence electrons. The van der Waals surface area contributed by atoms with Crippen molar-refractivity contribution in [3.63, 3.8) is 0 Å². The van der Waals surface area contributed by atoms with Crippen LogP contribution < -0.4 is 0 Å². The number of phenolic OH excluding ortho intramolecular Hbond substituents is 1. The highest BCUT2D eigenvalue weighted by atomic mass is 79.9. The van der Waals surface area contributed by atoms with Gasteiger partial charge < -0.3 is 5.11 Å². The predicted octanol–water partition coefficient (Wildman–Crippen LogP) is 4.87. The summed E-state index contributed by atoms with van der Waals surface area (Å²) in [6.45, 7) is 0. The Kier molecular flexibility index (Phi) is 3.52. The third kappa shape index (κ3) is 2.89. The lowest BCUT2D eigenvalue weighted by molar-refractivity contribution is 0.475. The number of pyridine rings is 1. The summed E-state index contributed by atoms with van der Waals surface area (Å²) < 4.78 is 1.02. The molecule has 0 fully saturated rings. The Morgan fingerprint density at radius 3 is 2.65 bits per heavy atom. The molecule has 1 aromatic heterocycles. The Balaban J connectivity index is 1.94. The van der Waals surface area contributed by atoms with Crippen molar-refractivity contribution in [1.82, 2.24) is 4.98 Å². The largest absolute Gasteiger partial charge is 0.508 e. The molecule has 0 radical (unpaired) electrons. The van der Waals surface area contributed by atoms with Gasteiger partial charge in [0.25, 0.3) is 0 Å². The Hall–Kier alpha value is -2.13. The highest BCUT2D eigenvalue weighted by molar-refractivity contribution is 9.10. The van der Waals surface area contributed by atoms with E-state index in [2.05, 4.69) is 27.0 Å². The van der Waals surface area contributed by atoms with Crippen molar-refractivity contribution in [3.8, 4) is 5.75 Å². The summed E-state index contributed by atoms with van der Waals surface area (Å²) in [6.07, 6.45) is 3.88. The molecule has 0 amide bonds. The smallest absolute Gasteiger partial charge is 0.116 e. The van der Waals surface area contributed by atoms with Gasteiger partial charge in [0.15, 0.2) is 0 Å². The molecule has 20 heavy (non-hydrogen) atoms. The van der Waals surface area contributed by atoms with Crippen LogP contribution in [0.4, 0.5) is 0 Å². The van der Waals surface area contributed by atoms with Gasteiger partial charge in [-0.2, -0.15) is 0 Å². The second-order valence-electron chi connectivity index (χ2n) is 4.50. The van der Waals surface area contributed by atoms with Crippen molar-refractivity contribution >= 4 is 39.0 Å². The molecule has 0 bridgehead atoms. The van der Waals surface area contributed by atoms with E-state index >= 15 is 0 Å². The fourth-order valence-electron chi connectivity index (χ4n) is 2.01. The zero-order valence-electron chi connectivity index (χ0n) is 10.6. The third-order valence-electron chi connectivity index (χ3n) is 2.99. The number of hydrogen-bond acceptors (Lipinski definition) is 2. The Morgan fingerprint density at radius 1 is 0.950 bits per heavy atom. The number of halogens is 1. The molecule has 0 spiro atoms. The van der Waals surface area contributed by atoms with Gasteiger partial charge >= 0.3 is 0 Å². The Bertz CT molecular complexity index is 796. The summed E-state index contributed by atoms with van der Waals surface area (Å²) in [5.41, 5.74) is 2.79. The average molecular weight is 326 g/mol. The molecule has 0 aliphatic rings. The van der Waals surface area contributed by atoms with Crippen molar-refractivity contribution in [2.75, 3.05) is 0 Å². The van der Waals surface area contributed by atoms with E-state index in [-0.39, 0.29) is 5.75 Å². The Labute approximate surface area is 125 Å². The first-order valence-electron chi connectivity index (χ1n) is 6.24. The molecule has 3 aromatic rings. The van der Waals surface area contributed by atoms with Crippen molar-refractivity contribution in [2.24, 2.45) is 0 Å². The molecule has 3 rings (SSSR count). The molecule has 1 N–H and O–H groups in total. The number of hydrogen-bond donors (Lipinski definition) is 1. The van der Waals surface area contributed by atoms with Crippen molar-refractivity contribution in [2.45, 2.75) is 0 Å². The van der Waals surface area contributed by atoms with Gasteiger partial charge in [-0.25, -0.2) is 4.98 Å². The van der Waals surface area contributed by atoms with Crippen LogP contribution in [0.3, 0.4) is 0 Å². The van der Waals surface area contributed by atoms with Gasteiger partial charge in [-0.3, -0.25) is 0 Å². The minimum Gasteiger partial charge on any atom is -0.508 e. The lowest BCUT2D eigenvalue weighted by Gasteiger charge is -2.00. The minimum atomic E-state index is 0.266. The normalized spacial score (nSPS) is 11.2. The van der Waals surface area contributed by atoms with Gasteiger partial charge in [0.1, 0.15) is 5.75 Å². The zero-order chi connectivity index (χ0) is 13.9. The third-order valence-corrected chi connectivity index (χ3v) is 3.49. The van der Waals surface area contributed by atoms with Crippen LogP contribution in [-0.2, 0) is 0 Å². The standard InChI is InChI=1S/C17H12BrNO/c18-14-7-5-13-6-9-15(19-17(13)11-14)8-4-12-2-1-3-16(20)10-12/h1-11,20H/b8-4+. The topological polar surface area (TPSA) is 33.1 Å². The van der Waals surface area contributed by atoms with E-state index in [1.165, 1.54) is 0 Å². The Morgan fingerprint density at radius 2 is 1.80 bits per heavy atom. The number of aromatic hydroxyl groups is 1. The van der Waals surface area contributed by atoms with Gasteiger partial charge in [0, 0.05) is 9.86 Å². The second kappa shape index (κ2) is 5.47. The van der Waals surface area contributed by atoms with Crippen molar-refractivity contribution < 1.29 is 5.11 Å². The highest BCUT2D eigenvalue weighted by Crippen LogP contribution is 2.19. The first-order chi connectivity index (χ1) is 9.70. The summed E-state index contributed by atoms with van der Waals surface area (Å²) in [5.74, 6) is 0.266. The van der Waals surface area contributed by atoms with E-state index in [1.54, 1.807) is 12.1 Å². The number of rotatable bonds is 2. The van der Waals surface area contributed by atoms with E-state index in [4.69, 9.17) is 0 Å². The van der Waals surface area contributed by atoms with Gasteiger partial charge in [0.05, 0.1) is 11.2 Å². The maximum atomic E-state index is 9.43. The van der Waals surface area contributed by atoms with Crippen LogP contribution in [0.2, 0.25) is 0 Å². The monoisotopic (exact) mass is 325 g/mol. The van der Waals surface area contributed by atoms with Crippen LogP contribution in [0.5, 0.6) is 5.75 Å². The van der Waals surface area contributed by atoms with E-state index in [1.807, 2.05) is 48.6 Å². The fourth-order valence-corrected chi connectivity index (χ4v) is 2.36. The van der Waals surface area contributed by atoms with Crippen LogP contribution in [0.1, 0.15) is 11.3 Å². The number of aromatic nitrogens is 1. The van der Waals surface area contributed by atoms with Crippen LogP contribution in [0, 0.1) is 0 Å². The summed E-state index contributed by atoms with van der Waals surface area (Å²) in [4.78, 5) is 4.59. The summed E-state index contributed by atoms with van der Waals surface area (Å²) in [5, 5.41) is 10.5. The van der Waals surface area contributed by atoms with E-state index in [9.17, 15) is 5.11 Å². The number of phenols is 1. The lowest BCUT2D eigenvalue weighted by atomic mass is 10.1. The molecule has 0 atom stereocenters. The first kappa shape index (κ1) is 12.9. The summed E-state index contributed by atoms with van der Waals surface area (Å²) in [7, 11) is 0. The minimum absolute atomic E-state index is 0.266. The maximum absolute atomic E-state index is 9.43. The molecular weight excluding hydrogens is 314 g/mol. The van der Waals surface area contributed by atoms with Gasteiger partial charge in [-0.1, -0.05) is 46.3 Å². The van der Waals surface area contributed by atoms with Crippen LogP contribution in [0.25, 0.3) is 23.1 Å². The number of fused-ring (bicyclic) bond motifs is 1. The molecule has 0 aliphatic carbocycles. The lowest BCUT2D eigenvalue weighted by Crippen LogP contribution is -1.83. The average Bonchev–Trinajstić information content (AvgIpc) is 2.45. The molecule has 3 heteroatoms. The molecule has 0 saturated carbocycles. The molecule has 1 heterocycles. The van der Waals surface area contributed by atoms with Crippen LogP contribution in [0.15, 0.2) is 59.1 Å². The highest BCUT2D eigenvalue weighted by Gasteiger charge is 1.97. The molecule has 2 aromatic carbocycles. The number of benzene rings is 2. The number of nitrogens with zero attached hydrogens (tertiary/aromatic N) is 1.